The van der Waals surface area contributed by atoms with Crippen molar-refractivity contribution in [3.63, 3.8) is 0 Å². The predicted octanol–water partition coefficient (Wildman–Crippen LogP) is 5.65. The first-order valence-electron chi connectivity index (χ1n) is 17.3. The van der Waals surface area contributed by atoms with E-state index in [1.54, 1.807) is 13.0 Å². The van der Waals surface area contributed by atoms with Gasteiger partial charge in [0.15, 0.2) is 5.78 Å². The molecule has 8 atom stereocenters. The van der Waals surface area contributed by atoms with E-state index in [1.165, 1.54) is 19.1 Å². The van der Waals surface area contributed by atoms with Gasteiger partial charge in [-0.3, -0.25) is 4.79 Å². The lowest BCUT2D eigenvalue weighted by Gasteiger charge is -2.67. The van der Waals surface area contributed by atoms with Crippen LogP contribution >= 0.6 is 0 Å². The zero-order valence-corrected chi connectivity index (χ0v) is 29.4. The molecular formula is C39H52O9. The maximum absolute atomic E-state index is 13.3. The van der Waals surface area contributed by atoms with E-state index < -0.39 is 57.4 Å². The molecule has 3 N–H and O–H groups in total. The number of carbonyl (C=O) groups is 3. The number of ether oxygens (including phenoxy) is 3. The smallest absolute Gasteiger partial charge is 0.331 e. The molecule has 3 fully saturated rings. The van der Waals surface area contributed by atoms with Crippen LogP contribution in [0.15, 0.2) is 53.6 Å². The van der Waals surface area contributed by atoms with E-state index in [1.807, 2.05) is 58.0 Å². The summed E-state index contributed by atoms with van der Waals surface area (Å²) in [6.45, 7) is 13.2. The van der Waals surface area contributed by atoms with Crippen molar-refractivity contribution in [1.82, 2.24) is 0 Å². The summed E-state index contributed by atoms with van der Waals surface area (Å²) >= 11 is 0. The Hall–Kier alpha value is -3.27. The molecular weight excluding hydrogens is 612 g/mol. The standard InChI is InChI=1S/C39H52O9/c1-8-46-29-11-9-10-27(21-29)12-13-33(41)47-30-15-16-35(6)28(22-30)14-17-38(44)31(35)23-32(48-34(42)20-25(4)24(2)3)36(7)37(43,26(5)40)18-19-39(36,38)45/h9-14,20-21,24,30-32,43-45H,8,15-19,22-23H2,1-7H3/b13-12+,25-20+/t30-,31?,32+,35-,36+,37+,38-,39+/m0/s1. The van der Waals surface area contributed by atoms with Crippen LogP contribution in [0.2, 0.25) is 0 Å². The number of allylic oxidation sites excluding steroid dienone is 1. The lowest BCUT2D eigenvalue weighted by Crippen LogP contribution is -2.78. The van der Waals surface area contributed by atoms with Crippen molar-refractivity contribution >= 4 is 23.8 Å². The number of hydrogen-bond donors (Lipinski definition) is 3. The Kier molecular flexibility index (Phi) is 9.67. The van der Waals surface area contributed by atoms with Crippen LogP contribution in [-0.2, 0) is 23.9 Å². The summed E-state index contributed by atoms with van der Waals surface area (Å²) < 4.78 is 17.5. The first-order valence-corrected chi connectivity index (χ1v) is 17.3. The topological polar surface area (TPSA) is 140 Å². The first kappa shape index (κ1) is 36.0. The molecule has 48 heavy (non-hydrogen) atoms. The Morgan fingerprint density at radius 3 is 2.42 bits per heavy atom. The van der Waals surface area contributed by atoms with Crippen LogP contribution in [-0.4, -0.2) is 68.7 Å². The summed E-state index contributed by atoms with van der Waals surface area (Å²) in [5.41, 5.74) is -5.25. The number of Topliss-reactive ketones (excluding diaryl/α,β-unsaturated/α-hetero) is 1. The Morgan fingerprint density at radius 1 is 1.02 bits per heavy atom. The van der Waals surface area contributed by atoms with Gasteiger partial charge in [-0.1, -0.05) is 50.1 Å². The van der Waals surface area contributed by atoms with Gasteiger partial charge in [-0.2, -0.15) is 0 Å². The van der Waals surface area contributed by atoms with Crippen LogP contribution in [0.1, 0.15) is 99.0 Å². The van der Waals surface area contributed by atoms with E-state index in [-0.39, 0.29) is 37.7 Å². The number of ketones is 1. The molecule has 9 nitrogen and oxygen atoms in total. The highest BCUT2D eigenvalue weighted by atomic mass is 16.6. The van der Waals surface area contributed by atoms with Crippen molar-refractivity contribution in [2.24, 2.45) is 22.7 Å². The predicted molar refractivity (Wildman–Crippen MR) is 181 cm³/mol. The van der Waals surface area contributed by atoms with Gasteiger partial charge in [0.05, 0.1) is 12.0 Å². The zero-order valence-electron chi connectivity index (χ0n) is 29.4. The fraction of sp³-hybridized carbons (Fsp3) is 0.615. The quantitative estimate of drug-likeness (QED) is 0.174. The van der Waals surface area contributed by atoms with E-state index in [0.717, 1.165) is 22.5 Å². The van der Waals surface area contributed by atoms with Gasteiger partial charge in [0.1, 0.15) is 34.8 Å². The van der Waals surface area contributed by atoms with Crippen molar-refractivity contribution in [2.75, 3.05) is 6.61 Å². The number of carbonyl (C=O) groups excluding carboxylic acids is 3. The van der Waals surface area contributed by atoms with E-state index in [4.69, 9.17) is 14.2 Å². The molecule has 0 aliphatic heterocycles. The lowest BCUT2D eigenvalue weighted by molar-refractivity contribution is -0.314. The molecule has 1 aromatic carbocycles. The van der Waals surface area contributed by atoms with Gasteiger partial charge in [-0.15, -0.1) is 0 Å². The van der Waals surface area contributed by atoms with Crippen LogP contribution in [0.4, 0.5) is 0 Å². The van der Waals surface area contributed by atoms with E-state index >= 15 is 0 Å². The van der Waals surface area contributed by atoms with Crippen LogP contribution < -0.4 is 4.74 Å². The second-order valence-electron chi connectivity index (χ2n) is 15.2. The second-order valence-corrected chi connectivity index (χ2v) is 15.2. The number of rotatable bonds is 9. The summed E-state index contributed by atoms with van der Waals surface area (Å²) in [5.74, 6) is -1.32. The van der Waals surface area contributed by atoms with Gasteiger partial charge in [0.2, 0.25) is 0 Å². The number of aliphatic hydroxyl groups is 3. The van der Waals surface area contributed by atoms with E-state index in [2.05, 4.69) is 6.92 Å². The Labute approximate surface area is 284 Å². The van der Waals surface area contributed by atoms with Crippen molar-refractivity contribution in [3.8, 4) is 5.75 Å². The number of benzene rings is 1. The van der Waals surface area contributed by atoms with E-state index in [9.17, 15) is 29.7 Å². The minimum atomic E-state index is -2.00. The molecule has 262 valence electrons. The summed E-state index contributed by atoms with van der Waals surface area (Å²) in [5, 5.41) is 37.2. The number of fused-ring (bicyclic) bond motifs is 5. The molecule has 0 bridgehead atoms. The van der Waals surface area contributed by atoms with Crippen molar-refractivity contribution < 1.29 is 43.9 Å². The fourth-order valence-corrected chi connectivity index (χ4v) is 9.23. The molecule has 3 saturated carbocycles. The second kappa shape index (κ2) is 12.9. The van der Waals surface area contributed by atoms with Gasteiger partial charge in [0.25, 0.3) is 0 Å². The molecule has 0 amide bonds. The van der Waals surface area contributed by atoms with Gasteiger partial charge in [-0.25, -0.2) is 9.59 Å². The molecule has 1 unspecified atom stereocenters. The molecule has 0 saturated heterocycles. The van der Waals surface area contributed by atoms with Crippen LogP contribution in [0.5, 0.6) is 5.75 Å². The minimum absolute atomic E-state index is 0.0270. The average molecular weight is 665 g/mol. The van der Waals surface area contributed by atoms with Gasteiger partial charge >= 0.3 is 11.9 Å². The van der Waals surface area contributed by atoms with E-state index in [0.29, 0.717) is 25.9 Å². The molecule has 4 aliphatic carbocycles. The third-order valence-electron chi connectivity index (χ3n) is 12.5. The fourth-order valence-electron chi connectivity index (χ4n) is 9.23. The molecule has 4 aliphatic rings. The van der Waals surface area contributed by atoms with Crippen LogP contribution in [0, 0.1) is 22.7 Å². The largest absolute Gasteiger partial charge is 0.494 e. The molecule has 5 rings (SSSR count). The van der Waals surface area contributed by atoms with Gasteiger partial charge in [-0.05, 0) is 101 Å². The molecule has 0 aromatic heterocycles. The highest BCUT2D eigenvalue weighted by molar-refractivity contribution is 5.88. The Balaban J connectivity index is 1.41. The third kappa shape index (κ3) is 5.65. The lowest BCUT2D eigenvalue weighted by atomic mass is 9.42. The van der Waals surface area contributed by atoms with Gasteiger partial charge in [0, 0.05) is 24.5 Å². The maximum Gasteiger partial charge on any atom is 0.331 e. The molecule has 1 aromatic rings. The maximum atomic E-state index is 13.3. The SMILES string of the molecule is CCOc1cccc(/C=C/C(=O)O[C@H]2CC[C@@]3(C)C(=CC[C@]4(O)C3C[C@@H](OC(=O)/C=C(\C)C(C)C)[C@@]3(C)[C@]4(O)CC[C@@]3(O)C(C)=O)C2)c1. The Morgan fingerprint density at radius 2 is 1.75 bits per heavy atom. The zero-order chi connectivity index (χ0) is 35.3. The Bertz CT molecular complexity index is 1540. The van der Waals surface area contributed by atoms with Crippen molar-refractivity contribution in [2.45, 2.75) is 122 Å². The summed E-state index contributed by atoms with van der Waals surface area (Å²) in [6, 6.07) is 7.45. The van der Waals surface area contributed by atoms with Gasteiger partial charge < -0.3 is 29.5 Å². The summed E-state index contributed by atoms with van der Waals surface area (Å²) in [7, 11) is 0. The molecule has 0 radical (unpaired) electrons. The average Bonchev–Trinajstić information content (AvgIpc) is 3.26. The normalized spacial score (nSPS) is 37.7. The number of hydrogen-bond acceptors (Lipinski definition) is 9. The van der Waals surface area contributed by atoms with Crippen LogP contribution in [0.25, 0.3) is 6.08 Å². The van der Waals surface area contributed by atoms with Crippen molar-refractivity contribution in [1.29, 1.82) is 0 Å². The monoisotopic (exact) mass is 664 g/mol. The van der Waals surface area contributed by atoms with Crippen molar-refractivity contribution in [3.05, 3.63) is 59.2 Å². The van der Waals surface area contributed by atoms with Crippen LogP contribution in [0.3, 0.4) is 0 Å². The first-order chi connectivity index (χ1) is 22.4. The summed E-state index contributed by atoms with van der Waals surface area (Å²) in [6.07, 6.45) is 6.76. The highest BCUT2D eigenvalue weighted by Gasteiger charge is 2.81. The molecule has 9 heteroatoms. The summed E-state index contributed by atoms with van der Waals surface area (Å²) in [4.78, 5) is 39.2. The highest BCUT2D eigenvalue weighted by Crippen LogP contribution is 2.71. The minimum Gasteiger partial charge on any atom is -0.494 e. The molecule has 0 heterocycles. The molecule has 0 spiro atoms. The number of esters is 2. The third-order valence-corrected chi connectivity index (χ3v) is 12.5.